The minimum absolute atomic E-state index is 0.0108. The molecule has 0 amide bonds. The number of nitrogens with zero attached hydrogens (tertiary/aromatic N) is 4. The molecule has 0 N–H and O–H groups in total. The first-order valence-electron chi connectivity index (χ1n) is 6.72. The number of fused-ring (bicyclic) bond motifs is 1. The van der Waals surface area contributed by atoms with Crippen molar-refractivity contribution in [2.75, 3.05) is 0 Å². The summed E-state index contributed by atoms with van der Waals surface area (Å²) in [6.07, 6.45) is 1.67. The summed E-state index contributed by atoms with van der Waals surface area (Å²) in [7, 11) is 0. The fraction of sp³-hybridized carbons (Fsp3) is 0.267. The average Bonchev–Trinajstić information content (AvgIpc) is 2.88. The summed E-state index contributed by atoms with van der Waals surface area (Å²) in [4.78, 5) is 12.7. The van der Waals surface area contributed by atoms with E-state index < -0.39 is 0 Å². The van der Waals surface area contributed by atoms with Crippen molar-refractivity contribution < 1.29 is 0 Å². The molecule has 3 aromatic rings. The zero-order chi connectivity index (χ0) is 15.1. The summed E-state index contributed by atoms with van der Waals surface area (Å²) in [6.45, 7) is 5.74. The summed E-state index contributed by atoms with van der Waals surface area (Å²) in [6, 6.07) is 7.26. The molecule has 3 rings (SSSR count). The Morgan fingerprint density at radius 1 is 1.29 bits per heavy atom. The minimum atomic E-state index is -0.150. The second-order valence-electron chi connectivity index (χ2n) is 5.23. The van der Waals surface area contributed by atoms with E-state index in [2.05, 4.69) is 10.2 Å². The van der Waals surface area contributed by atoms with E-state index in [9.17, 15) is 4.79 Å². The predicted molar refractivity (Wildman–Crippen MR) is 83.3 cm³/mol. The summed E-state index contributed by atoms with van der Waals surface area (Å²) in [5, 5.41) is 10.0. The van der Waals surface area contributed by atoms with Crippen molar-refractivity contribution in [2.24, 2.45) is 0 Å². The van der Waals surface area contributed by atoms with Gasteiger partial charge >= 0.3 is 0 Å². The van der Waals surface area contributed by atoms with Crippen molar-refractivity contribution in [1.29, 1.82) is 0 Å². The zero-order valence-electron chi connectivity index (χ0n) is 12.0. The molecule has 0 aliphatic carbocycles. The molecule has 0 atom stereocenters. The Morgan fingerprint density at radius 2 is 2.05 bits per heavy atom. The van der Waals surface area contributed by atoms with Gasteiger partial charge in [0.1, 0.15) is 5.52 Å². The fourth-order valence-electron chi connectivity index (χ4n) is 2.34. The van der Waals surface area contributed by atoms with E-state index in [0.29, 0.717) is 10.5 Å². The van der Waals surface area contributed by atoms with Gasteiger partial charge in [0.25, 0.3) is 5.56 Å². The van der Waals surface area contributed by atoms with Crippen LogP contribution in [0.3, 0.4) is 0 Å². The van der Waals surface area contributed by atoms with Crippen LogP contribution < -0.4 is 5.56 Å². The first-order valence-corrected chi connectivity index (χ1v) is 7.10. The van der Waals surface area contributed by atoms with Gasteiger partial charge in [0.2, 0.25) is 0 Å². The molecule has 0 fully saturated rings. The number of halogens is 1. The van der Waals surface area contributed by atoms with E-state index in [1.165, 1.54) is 4.68 Å². The van der Waals surface area contributed by atoms with Crippen molar-refractivity contribution in [3.63, 3.8) is 0 Å². The summed E-state index contributed by atoms with van der Waals surface area (Å²) < 4.78 is 3.11. The third kappa shape index (κ3) is 2.23. The lowest BCUT2D eigenvalue weighted by molar-refractivity contribution is 0.501. The molecule has 108 valence electrons. The lowest BCUT2D eigenvalue weighted by Gasteiger charge is -2.11. The molecule has 0 aliphatic rings. The molecular formula is C15H15ClN4O. The molecule has 0 spiro atoms. The van der Waals surface area contributed by atoms with Gasteiger partial charge in [-0.1, -0.05) is 17.7 Å². The highest BCUT2D eigenvalue weighted by atomic mass is 35.5. The van der Waals surface area contributed by atoms with Gasteiger partial charge in [0.15, 0.2) is 0 Å². The second-order valence-corrected chi connectivity index (χ2v) is 5.66. The highest BCUT2D eigenvalue weighted by Crippen LogP contribution is 2.20. The van der Waals surface area contributed by atoms with Crippen LogP contribution in [0, 0.1) is 6.92 Å². The molecule has 1 aromatic carbocycles. The van der Waals surface area contributed by atoms with Gasteiger partial charge in [-0.2, -0.15) is 10.2 Å². The van der Waals surface area contributed by atoms with Crippen LogP contribution in [0.4, 0.5) is 0 Å². The predicted octanol–water partition coefficient (Wildman–Crippen LogP) is 3.12. The quantitative estimate of drug-likeness (QED) is 0.731. The van der Waals surface area contributed by atoms with Crippen LogP contribution in [0.2, 0.25) is 5.02 Å². The first-order chi connectivity index (χ1) is 9.99. The van der Waals surface area contributed by atoms with Crippen molar-refractivity contribution in [3.05, 3.63) is 51.5 Å². The van der Waals surface area contributed by atoms with Crippen molar-refractivity contribution in [2.45, 2.75) is 26.8 Å². The summed E-state index contributed by atoms with van der Waals surface area (Å²) in [5.41, 5.74) is 1.92. The molecule has 0 saturated carbocycles. The number of hydrogen-bond acceptors (Lipinski definition) is 3. The maximum atomic E-state index is 12.7. The third-order valence-corrected chi connectivity index (χ3v) is 3.60. The van der Waals surface area contributed by atoms with Crippen LogP contribution in [0.15, 0.2) is 35.3 Å². The molecular weight excluding hydrogens is 288 g/mol. The Bertz CT molecular complexity index is 879. The smallest absolute Gasteiger partial charge is 0.265 e. The van der Waals surface area contributed by atoms with Crippen LogP contribution in [0.5, 0.6) is 0 Å². The second kappa shape index (κ2) is 5.00. The van der Waals surface area contributed by atoms with Crippen LogP contribution >= 0.6 is 11.6 Å². The topological polar surface area (TPSA) is 52.7 Å². The summed E-state index contributed by atoms with van der Waals surface area (Å²) >= 11 is 6.03. The highest BCUT2D eigenvalue weighted by molar-refractivity contribution is 6.30. The van der Waals surface area contributed by atoms with E-state index in [-0.39, 0.29) is 11.6 Å². The van der Waals surface area contributed by atoms with Crippen molar-refractivity contribution >= 4 is 22.5 Å². The van der Waals surface area contributed by atoms with Crippen LogP contribution in [0.25, 0.3) is 16.6 Å². The van der Waals surface area contributed by atoms with Gasteiger partial charge in [-0.25, -0.2) is 9.36 Å². The van der Waals surface area contributed by atoms with Gasteiger partial charge in [-0.15, -0.1) is 0 Å². The molecule has 0 saturated heterocycles. The summed E-state index contributed by atoms with van der Waals surface area (Å²) in [5.74, 6) is 0. The van der Waals surface area contributed by atoms with Gasteiger partial charge in [-0.3, -0.25) is 4.79 Å². The Morgan fingerprint density at radius 3 is 2.71 bits per heavy atom. The number of aromatic nitrogens is 4. The van der Waals surface area contributed by atoms with E-state index in [4.69, 9.17) is 11.6 Å². The van der Waals surface area contributed by atoms with E-state index in [0.717, 1.165) is 16.8 Å². The number of benzene rings is 1. The Hall–Kier alpha value is -2.14. The van der Waals surface area contributed by atoms with E-state index in [1.807, 2.05) is 32.9 Å². The lowest BCUT2D eigenvalue weighted by Crippen LogP contribution is -2.27. The largest absolute Gasteiger partial charge is 0.293 e. The molecule has 5 nitrogen and oxygen atoms in total. The zero-order valence-corrected chi connectivity index (χ0v) is 12.8. The maximum Gasteiger partial charge on any atom is 0.293 e. The van der Waals surface area contributed by atoms with Gasteiger partial charge in [-0.05, 0) is 39.0 Å². The van der Waals surface area contributed by atoms with Crippen LogP contribution in [-0.2, 0) is 0 Å². The first kappa shape index (κ1) is 13.8. The molecule has 6 heteroatoms. The Labute approximate surface area is 126 Å². The van der Waals surface area contributed by atoms with Crippen molar-refractivity contribution in [3.8, 4) is 5.69 Å². The molecule has 0 bridgehead atoms. The number of hydrogen-bond donors (Lipinski definition) is 0. The monoisotopic (exact) mass is 302 g/mol. The fourth-order valence-corrected chi connectivity index (χ4v) is 2.53. The van der Waals surface area contributed by atoms with Crippen LogP contribution in [-0.4, -0.2) is 19.6 Å². The molecule has 21 heavy (non-hydrogen) atoms. The van der Waals surface area contributed by atoms with Crippen LogP contribution in [0.1, 0.15) is 25.6 Å². The number of rotatable bonds is 2. The van der Waals surface area contributed by atoms with Gasteiger partial charge in [0, 0.05) is 10.4 Å². The maximum absolute atomic E-state index is 12.7. The molecule has 0 radical (unpaired) electrons. The Balaban J connectivity index is 2.38. The normalized spacial score (nSPS) is 11.5. The van der Waals surface area contributed by atoms with E-state index in [1.54, 1.807) is 23.0 Å². The number of aryl methyl sites for hydroxylation is 1. The van der Waals surface area contributed by atoms with E-state index >= 15 is 0 Å². The average molecular weight is 303 g/mol. The molecule has 2 aromatic heterocycles. The Kier molecular flexibility index (Phi) is 3.29. The minimum Gasteiger partial charge on any atom is -0.265 e. The van der Waals surface area contributed by atoms with Crippen molar-refractivity contribution in [1.82, 2.24) is 19.6 Å². The lowest BCUT2D eigenvalue weighted by atomic mass is 10.2. The molecule has 0 aliphatic heterocycles. The van der Waals surface area contributed by atoms with Gasteiger partial charge < -0.3 is 0 Å². The van der Waals surface area contributed by atoms with Gasteiger partial charge in [0.05, 0.1) is 23.6 Å². The molecule has 2 heterocycles. The molecule has 0 unspecified atom stereocenters. The standard InChI is InChI=1S/C15H15ClN4O/c1-9(2)19-15(21)14-13(10(3)18-19)8-17-20(14)12-6-4-5-11(16)7-12/h4-9H,1-3H3. The third-order valence-electron chi connectivity index (χ3n) is 3.37. The highest BCUT2D eigenvalue weighted by Gasteiger charge is 2.16. The SMILES string of the molecule is Cc1nn(C(C)C)c(=O)c2c1cnn2-c1cccc(Cl)c1.